The van der Waals surface area contributed by atoms with Crippen LogP contribution < -0.4 is 20.7 Å². The summed E-state index contributed by atoms with van der Waals surface area (Å²) in [5, 5.41) is 8.23. The lowest BCUT2D eigenvalue weighted by Crippen LogP contribution is -2.35. The molecule has 1 fully saturated rings. The van der Waals surface area contributed by atoms with Crippen LogP contribution in [0.4, 0.5) is 21.7 Å². The number of nitrogens with one attached hydrogen (secondary N) is 3. The van der Waals surface area contributed by atoms with Crippen molar-refractivity contribution in [1.82, 2.24) is 20.2 Å². The second-order valence-corrected chi connectivity index (χ2v) is 7.99. The van der Waals surface area contributed by atoms with Crippen molar-refractivity contribution in [2.75, 3.05) is 51.1 Å². The van der Waals surface area contributed by atoms with Gasteiger partial charge in [0, 0.05) is 38.9 Å². The van der Waals surface area contributed by atoms with E-state index in [0.717, 1.165) is 24.8 Å². The van der Waals surface area contributed by atoms with Crippen LogP contribution in [0.3, 0.4) is 0 Å². The second-order valence-electron chi connectivity index (χ2n) is 7.99. The number of benzene rings is 1. The van der Waals surface area contributed by atoms with Crippen LogP contribution >= 0.6 is 0 Å². The maximum Gasteiger partial charge on any atom is 0.262 e. The summed E-state index contributed by atoms with van der Waals surface area (Å²) in [6.07, 6.45) is 1.33. The van der Waals surface area contributed by atoms with Crippen molar-refractivity contribution < 1.29 is 23.5 Å². The maximum atomic E-state index is 14.4. The van der Waals surface area contributed by atoms with Gasteiger partial charge in [-0.2, -0.15) is 0 Å². The SMILES string of the molecule is CNC(=O)c1cnc(Nc2cccc(CN3CCOCC3)n2)cc1NC(=O)c1c(F)cccc1OC. The van der Waals surface area contributed by atoms with Gasteiger partial charge in [-0.1, -0.05) is 12.1 Å². The lowest BCUT2D eigenvalue weighted by molar-refractivity contribution is 0.0337. The summed E-state index contributed by atoms with van der Waals surface area (Å²) in [5.74, 6) is -1.01. The van der Waals surface area contributed by atoms with Gasteiger partial charge in [-0.05, 0) is 24.3 Å². The third kappa shape index (κ3) is 5.93. The van der Waals surface area contributed by atoms with Crippen molar-refractivity contribution in [3.05, 3.63) is 71.3 Å². The summed E-state index contributed by atoms with van der Waals surface area (Å²) >= 11 is 0. The lowest BCUT2D eigenvalue weighted by Gasteiger charge is -2.26. The minimum absolute atomic E-state index is 0.0719. The van der Waals surface area contributed by atoms with E-state index in [-0.39, 0.29) is 22.6 Å². The Morgan fingerprint density at radius 1 is 1.11 bits per heavy atom. The van der Waals surface area contributed by atoms with E-state index >= 15 is 0 Å². The van der Waals surface area contributed by atoms with Crippen LogP contribution in [0, 0.1) is 5.82 Å². The highest BCUT2D eigenvalue weighted by atomic mass is 19.1. The number of rotatable bonds is 8. The molecular formula is C25H27FN6O4. The Kier molecular flexibility index (Phi) is 8.03. The van der Waals surface area contributed by atoms with Crippen LogP contribution in [0.5, 0.6) is 5.75 Å². The van der Waals surface area contributed by atoms with Crippen molar-refractivity contribution in [1.29, 1.82) is 0 Å². The molecule has 3 heterocycles. The predicted molar refractivity (Wildman–Crippen MR) is 132 cm³/mol. The molecule has 36 heavy (non-hydrogen) atoms. The number of aromatic nitrogens is 2. The molecule has 0 saturated carbocycles. The van der Waals surface area contributed by atoms with Gasteiger partial charge in [-0.15, -0.1) is 0 Å². The number of methoxy groups -OCH3 is 1. The Bertz CT molecular complexity index is 1250. The van der Waals surface area contributed by atoms with Crippen LogP contribution in [-0.4, -0.2) is 67.1 Å². The first-order chi connectivity index (χ1) is 17.5. The van der Waals surface area contributed by atoms with Crippen molar-refractivity contribution in [3.63, 3.8) is 0 Å². The average Bonchev–Trinajstić information content (AvgIpc) is 2.89. The van der Waals surface area contributed by atoms with E-state index in [1.165, 1.54) is 38.6 Å². The summed E-state index contributed by atoms with van der Waals surface area (Å²) in [6.45, 7) is 3.78. The van der Waals surface area contributed by atoms with Gasteiger partial charge in [0.25, 0.3) is 11.8 Å². The zero-order chi connectivity index (χ0) is 25.5. The number of carbonyl (C=O) groups is 2. The fourth-order valence-electron chi connectivity index (χ4n) is 3.78. The molecule has 2 amide bonds. The number of anilines is 3. The molecule has 0 aliphatic carbocycles. The average molecular weight is 495 g/mol. The fraction of sp³-hybridized carbons (Fsp3) is 0.280. The molecule has 2 aromatic heterocycles. The molecule has 1 aromatic carbocycles. The molecule has 0 spiro atoms. The summed E-state index contributed by atoms with van der Waals surface area (Å²) in [5.41, 5.74) is 0.864. The summed E-state index contributed by atoms with van der Waals surface area (Å²) < 4.78 is 24.9. The third-order valence-corrected chi connectivity index (χ3v) is 5.60. The molecule has 10 nitrogen and oxygen atoms in total. The first kappa shape index (κ1) is 25.0. The van der Waals surface area contributed by atoms with Gasteiger partial charge in [-0.3, -0.25) is 14.5 Å². The number of carbonyl (C=O) groups excluding carboxylic acids is 2. The fourth-order valence-corrected chi connectivity index (χ4v) is 3.78. The molecule has 188 valence electrons. The van der Waals surface area contributed by atoms with E-state index in [9.17, 15) is 14.0 Å². The predicted octanol–water partition coefficient (Wildman–Crippen LogP) is 2.81. The second kappa shape index (κ2) is 11.6. The number of hydrogen-bond acceptors (Lipinski definition) is 8. The number of amides is 2. The minimum atomic E-state index is -0.766. The third-order valence-electron chi connectivity index (χ3n) is 5.60. The van der Waals surface area contributed by atoms with Gasteiger partial charge in [0.15, 0.2) is 0 Å². The minimum Gasteiger partial charge on any atom is -0.496 e. The number of morpholine rings is 1. The van der Waals surface area contributed by atoms with Gasteiger partial charge in [-0.25, -0.2) is 14.4 Å². The first-order valence-corrected chi connectivity index (χ1v) is 11.4. The van der Waals surface area contributed by atoms with Crippen LogP contribution in [-0.2, 0) is 11.3 Å². The Morgan fingerprint density at radius 3 is 2.64 bits per heavy atom. The molecule has 3 N–H and O–H groups in total. The lowest BCUT2D eigenvalue weighted by atomic mass is 10.1. The van der Waals surface area contributed by atoms with Crippen LogP contribution in [0.25, 0.3) is 0 Å². The van der Waals surface area contributed by atoms with E-state index < -0.39 is 17.6 Å². The van der Waals surface area contributed by atoms with E-state index in [1.54, 1.807) is 6.07 Å². The van der Waals surface area contributed by atoms with Gasteiger partial charge >= 0.3 is 0 Å². The smallest absolute Gasteiger partial charge is 0.262 e. The molecule has 3 aromatic rings. The number of halogens is 1. The number of nitrogens with zero attached hydrogens (tertiary/aromatic N) is 3. The monoisotopic (exact) mass is 494 g/mol. The molecular weight excluding hydrogens is 467 g/mol. The molecule has 0 atom stereocenters. The highest BCUT2D eigenvalue weighted by Gasteiger charge is 2.21. The number of hydrogen-bond donors (Lipinski definition) is 3. The van der Waals surface area contributed by atoms with Crippen molar-refractivity contribution in [3.8, 4) is 5.75 Å². The summed E-state index contributed by atoms with van der Waals surface area (Å²) in [7, 11) is 2.81. The Morgan fingerprint density at radius 2 is 1.89 bits per heavy atom. The number of ether oxygens (including phenoxy) is 2. The molecule has 1 aliphatic rings. The maximum absolute atomic E-state index is 14.4. The Balaban J connectivity index is 1.57. The van der Waals surface area contributed by atoms with Gasteiger partial charge < -0.3 is 25.4 Å². The standard InChI is InChI=1S/C25H27FN6O4/c1-27-24(33)17-14-28-22(13-19(17)30-25(34)23-18(26)6-4-7-20(23)35-2)31-21-8-3-5-16(29-21)15-32-9-11-36-12-10-32/h3-8,13-14H,9-12,15H2,1-2H3,(H,27,33)(H2,28,29,30,31,34). The molecule has 1 saturated heterocycles. The molecule has 0 unspecified atom stereocenters. The van der Waals surface area contributed by atoms with Crippen molar-refractivity contribution >= 4 is 29.1 Å². The normalized spacial score (nSPS) is 13.6. The van der Waals surface area contributed by atoms with Gasteiger partial charge in [0.2, 0.25) is 0 Å². The Labute approximate surface area is 207 Å². The summed E-state index contributed by atoms with van der Waals surface area (Å²) in [6, 6.07) is 11.2. The van der Waals surface area contributed by atoms with Crippen LogP contribution in [0.15, 0.2) is 48.7 Å². The quantitative estimate of drug-likeness (QED) is 0.438. The van der Waals surface area contributed by atoms with E-state index in [2.05, 4.69) is 30.8 Å². The van der Waals surface area contributed by atoms with E-state index in [4.69, 9.17) is 9.47 Å². The molecule has 0 radical (unpaired) electrons. The zero-order valence-corrected chi connectivity index (χ0v) is 20.0. The highest BCUT2D eigenvalue weighted by Crippen LogP contribution is 2.26. The molecule has 1 aliphatic heterocycles. The first-order valence-electron chi connectivity index (χ1n) is 11.4. The van der Waals surface area contributed by atoms with Gasteiger partial charge in [0.05, 0.1) is 37.3 Å². The Hall–Kier alpha value is -4.09. The van der Waals surface area contributed by atoms with Gasteiger partial charge in [0.1, 0.15) is 28.8 Å². The van der Waals surface area contributed by atoms with Crippen LogP contribution in [0.2, 0.25) is 0 Å². The largest absolute Gasteiger partial charge is 0.496 e. The zero-order valence-electron chi connectivity index (χ0n) is 20.0. The molecule has 0 bridgehead atoms. The summed E-state index contributed by atoms with van der Waals surface area (Å²) in [4.78, 5) is 36.5. The topological polar surface area (TPSA) is 118 Å². The van der Waals surface area contributed by atoms with E-state index in [1.807, 2.05) is 12.1 Å². The van der Waals surface area contributed by atoms with Crippen molar-refractivity contribution in [2.24, 2.45) is 0 Å². The van der Waals surface area contributed by atoms with Crippen molar-refractivity contribution in [2.45, 2.75) is 6.54 Å². The highest BCUT2D eigenvalue weighted by molar-refractivity contribution is 6.10. The van der Waals surface area contributed by atoms with E-state index in [0.29, 0.717) is 31.4 Å². The number of pyridine rings is 2. The molecule has 4 rings (SSSR count). The van der Waals surface area contributed by atoms with Crippen LogP contribution in [0.1, 0.15) is 26.4 Å². The molecule has 11 heteroatoms.